The lowest BCUT2D eigenvalue weighted by atomic mass is 10.4. The van der Waals surface area contributed by atoms with E-state index in [1.54, 1.807) is 7.11 Å². The Balaban J connectivity index is 2.13. The van der Waals surface area contributed by atoms with Crippen LogP contribution >= 0.6 is 0 Å². The number of hydrogen-bond donors (Lipinski definition) is 2. The summed E-state index contributed by atoms with van der Waals surface area (Å²) in [5, 5.41) is 2.95. The van der Waals surface area contributed by atoms with Gasteiger partial charge in [-0.2, -0.15) is 0 Å². The normalized spacial score (nSPS) is 15.4. The minimum atomic E-state index is 0.0939. The highest BCUT2D eigenvalue weighted by atomic mass is 16.5. The molecule has 0 radical (unpaired) electrons. The smallest absolute Gasteiger partial charge is 0.234 e. The van der Waals surface area contributed by atoms with E-state index in [2.05, 4.69) is 5.32 Å². The Kier molecular flexibility index (Phi) is 6.37. The molecular weight excluding hydrogens is 206 g/mol. The first-order valence-electron chi connectivity index (χ1n) is 5.94. The number of methoxy groups -OCH3 is 1. The van der Waals surface area contributed by atoms with Crippen LogP contribution in [0.4, 0.5) is 0 Å². The molecule has 1 rings (SSSR count). The lowest BCUT2D eigenvalue weighted by molar-refractivity contribution is -0.122. The molecule has 0 heterocycles. The highest BCUT2D eigenvalue weighted by molar-refractivity contribution is 5.78. The van der Waals surface area contributed by atoms with E-state index in [4.69, 9.17) is 10.5 Å². The number of carbonyl (C=O) groups excluding carboxylic acids is 1. The minimum Gasteiger partial charge on any atom is -0.383 e. The maximum Gasteiger partial charge on any atom is 0.234 e. The summed E-state index contributed by atoms with van der Waals surface area (Å²) < 4.78 is 4.99. The minimum absolute atomic E-state index is 0.0939. The van der Waals surface area contributed by atoms with Crippen molar-refractivity contribution in [3.63, 3.8) is 0 Å². The lowest BCUT2D eigenvalue weighted by Crippen LogP contribution is -2.41. The van der Waals surface area contributed by atoms with Gasteiger partial charge in [0.05, 0.1) is 13.2 Å². The van der Waals surface area contributed by atoms with E-state index in [1.165, 1.54) is 12.8 Å². The second-order valence-corrected chi connectivity index (χ2v) is 4.31. The Morgan fingerprint density at radius 3 is 2.81 bits per heavy atom. The van der Waals surface area contributed by atoms with Crippen LogP contribution in [0.1, 0.15) is 12.8 Å². The van der Waals surface area contributed by atoms with Crippen molar-refractivity contribution >= 4 is 5.91 Å². The summed E-state index contributed by atoms with van der Waals surface area (Å²) in [5.41, 5.74) is 5.49. The van der Waals surface area contributed by atoms with E-state index in [0.29, 0.717) is 19.7 Å². The zero-order valence-electron chi connectivity index (χ0n) is 10.1. The van der Waals surface area contributed by atoms with E-state index in [-0.39, 0.29) is 5.91 Å². The molecule has 5 heteroatoms. The van der Waals surface area contributed by atoms with Crippen LogP contribution in [0.15, 0.2) is 0 Å². The average molecular weight is 229 g/mol. The molecule has 0 saturated heterocycles. The molecule has 0 aliphatic heterocycles. The van der Waals surface area contributed by atoms with Gasteiger partial charge in [0.25, 0.3) is 0 Å². The van der Waals surface area contributed by atoms with Gasteiger partial charge in [-0.05, 0) is 18.8 Å². The van der Waals surface area contributed by atoms with Crippen molar-refractivity contribution in [3.05, 3.63) is 0 Å². The third-order valence-corrected chi connectivity index (χ3v) is 2.71. The Bertz CT molecular complexity index is 207. The van der Waals surface area contributed by atoms with Gasteiger partial charge >= 0.3 is 0 Å². The summed E-state index contributed by atoms with van der Waals surface area (Å²) >= 11 is 0. The van der Waals surface area contributed by atoms with Crippen LogP contribution in [0.25, 0.3) is 0 Å². The van der Waals surface area contributed by atoms with Gasteiger partial charge in [-0.1, -0.05) is 0 Å². The predicted octanol–water partition coefficient (Wildman–Crippen LogP) is -0.580. The first-order valence-corrected chi connectivity index (χ1v) is 5.94. The van der Waals surface area contributed by atoms with E-state index in [1.807, 2.05) is 4.90 Å². The summed E-state index contributed by atoms with van der Waals surface area (Å²) in [6, 6.07) is 0. The number of amides is 1. The van der Waals surface area contributed by atoms with Crippen LogP contribution in [0, 0.1) is 5.92 Å². The van der Waals surface area contributed by atoms with Crippen LogP contribution in [0.5, 0.6) is 0 Å². The molecule has 1 saturated carbocycles. The summed E-state index contributed by atoms with van der Waals surface area (Å²) in [6.07, 6.45) is 2.52. The molecule has 5 nitrogen and oxygen atoms in total. The van der Waals surface area contributed by atoms with Crippen molar-refractivity contribution in [1.29, 1.82) is 0 Å². The average Bonchev–Trinajstić information content (AvgIpc) is 3.07. The molecular formula is C11H23N3O2. The largest absolute Gasteiger partial charge is 0.383 e. The van der Waals surface area contributed by atoms with Crippen LogP contribution in [0.2, 0.25) is 0 Å². The SMILES string of the molecule is COCCN(CCN)CC(=O)NCC1CC1. The summed E-state index contributed by atoms with van der Waals surface area (Å²) in [7, 11) is 1.66. The monoisotopic (exact) mass is 229 g/mol. The van der Waals surface area contributed by atoms with E-state index >= 15 is 0 Å². The molecule has 0 aromatic rings. The van der Waals surface area contributed by atoms with Gasteiger partial charge in [-0.15, -0.1) is 0 Å². The third-order valence-electron chi connectivity index (χ3n) is 2.71. The predicted molar refractivity (Wildman–Crippen MR) is 63.1 cm³/mol. The standard InChI is InChI=1S/C11H23N3O2/c1-16-7-6-14(5-4-12)9-11(15)13-8-10-2-3-10/h10H,2-9,12H2,1H3,(H,13,15). The molecule has 94 valence electrons. The molecule has 0 unspecified atom stereocenters. The first kappa shape index (κ1) is 13.4. The highest BCUT2D eigenvalue weighted by Gasteiger charge is 2.21. The van der Waals surface area contributed by atoms with E-state index < -0.39 is 0 Å². The zero-order valence-corrected chi connectivity index (χ0v) is 10.1. The molecule has 0 bridgehead atoms. The number of hydrogen-bond acceptors (Lipinski definition) is 4. The van der Waals surface area contributed by atoms with Crippen molar-refractivity contribution < 1.29 is 9.53 Å². The quantitative estimate of drug-likeness (QED) is 0.555. The number of carbonyl (C=O) groups is 1. The maximum absolute atomic E-state index is 11.6. The van der Waals surface area contributed by atoms with Gasteiger partial charge in [0.1, 0.15) is 0 Å². The topological polar surface area (TPSA) is 67.6 Å². The van der Waals surface area contributed by atoms with Crippen molar-refractivity contribution in [3.8, 4) is 0 Å². The summed E-state index contributed by atoms with van der Waals surface area (Å²) in [4.78, 5) is 13.6. The van der Waals surface area contributed by atoms with E-state index in [9.17, 15) is 4.79 Å². The Morgan fingerprint density at radius 2 is 2.25 bits per heavy atom. The van der Waals surface area contributed by atoms with Crippen LogP contribution in [0.3, 0.4) is 0 Å². The summed E-state index contributed by atoms with van der Waals surface area (Å²) in [5.74, 6) is 0.822. The molecule has 3 N–H and O–H groups in total. The lowest BCUT2D eigenvalue weighted by Gasteiger charge is -2.20. The van der Waals surface area contributed by atoms with Crippen molar-refractivity contribution in [2.24, 2.45) is 11.7 Å². The molecule has 1 fully saturated rings. The van der Waals surface area contributed by atoms with Gasteiger partial charge in [0.2, 0.25) is 5.91 Å². The Morgan fingerprint density at radius 1 is 1.50 bits per heavy atom. The van der Waals surface area contributed by atoms with Crippen molar-refractivity contribution in [2.75, 3.05) is 46.4 Å². The van der Waals surface area contributed by atoms with Crippen LogP contribution in [-0.2, 0) is 9.53 Å². The molecule has 0 atom stereocenters. The van der Waals surface area contributed by atoms with Gasteiger partial charge in [0, 0.05) is 33.3 Å². The molecule has 16 heavy (non-hydrogen) atoms. The Hall–Kier alpha value is -0.650. The van der Waals surface area contributed by atoms with Gasteiger partial charge in [-0.25, -0.2) is 0 Å². The van der Waals surface area contributed by atoms with Crippen LogP contribution < -0.4 is 11.1 Å². The molecule has 1 amide bonds. The van der Waals surface area contributed by atoms with E-state index in [0.717, 1.165) is 25.6 Å². The fourth-order valence-electron chi connectivity index (χ4n) is 1.51. The number of ether oxygens (including phenoxy) is 1. The highest BCUT2D eigenvalue weighted by Crippen LogP contribution is 2.27. The molecule has 1 aliphatic rings. The number of rotatable bonds is 9. The maximum atomic E-state index is 11.6. The molecule has 1 aliphatic carbocycles. The first-order chi connectivity index (χ1) is 7.76. The van der Waals surface area contributed by atoms with Gasteiger partial charge in [0.15, 0.2) is 0 Å². The number of nitrogens with one attached hydrogen (secondary N) is 1. The van der Waals surface area contributed by atoms with Gasteiger partial charge < -0.3 is 15.8 Å². The fraction of sp³-hybridized carbons (Fsp3) is 0.909. The number of nitrogens with zero attached hydrogens (tertiary/aromatic N) is 1. The molecule has 0 spiro atoms. The van der Waals surface area contributed by atoms with Crippen LogP contribution in [-0.4, -0.2) is 57.2 Å². The second-order valence-electron chi connectivity index (χ2n) is 4.31. The summed E-state index contributed by atoms with van der Waals surface area (Å²) in [6.45, 7) is 3.95. The molecule has 0 aromatic carbocycles. The van der Waals surface area contributed by atoms with Crippen molar-refractivity contribution in [2.45, 2.75) is 12.8 Å². The molecule has 0 aromatic heterocycles. The second kappa shape index (κ2) is 7.60. The van der Waals surface area contributed by atoms with Gasteiger partial charge in [-0.3, -0.25) is 9.69 Å². The zero-order chi connectivity index (χ0) is 11.8. The number of nitrogens with two attached hydrogens (primary N) is 1. The fourth-order valence-corrected chi connectivity index (χ4v) is 1.51. The Labute approximate surface area is 97.3 Å². The van der Waals surface area contributed by atoms with Crippen molar-refractivity contribution in [1.82, 2.24) is 10.2 Å². The third kappa shape index (κ3) is 6.05.